The van der Waals surface area contributed by atoms with Gasteiger partial charge in [0.15, 0.2) is 5.82 Å². The predicted octanol–water partition coefficient (Wildman–Crippen LogP) is 3.80. The van der Waals surface area contributed by atoms with Crippen LogP contribution in [-0.2, 0) is 6.54 Å². The number of nitrogens with one attached hydrogen (secondary N) is 2. The van der Waals surface area contributed by atoms with Crippen LogP contribution in [0.3, 0.4) is 0 Å². The lowest BCUT2D eigenvalue weighted by atomic mass is 10.0. The molecule has 2 aromatic heterocycles. The van der Waals surface area contributed by atoms with Gasteiger partial charge in [-0.2, -0.15) is 5.10 Å². The Morgan fingerprint density at radius 2 is 2.03 bits per heavy atom. The van der Waals surface area contributed by atoms with Gasteiger partial charge >= 0.3 is 6.03 Å². The van der Waals surface area contributed by atoms with Crippen molar-refractivity contribution in [2.24, 2.45) is 0 Å². The number of hydrogen-bond donors (Lipinski definition) is 2. The molecule has 8 heteroatoms. The molecule has 3 heterocycles. The quantitative estimate of drug-likeness (QED) is 0.638. The van der Waals surface area contributed by atoms with Gasteiger partial charge in [0.2, 0.25) is 0 Å². The molecule has 0 spiro atoms. The number of benzene rings is 1. The molecule has 4 rings (SSSR count). The van der Waals surface area contributed by atoms with Gasteiger partial charge in [0, 0.05) is 37.6 Å². The number of pyridine rings is 1. The van der Waals surface area contributed by atoms with Crippen molar-refractivity contribution in [1.82, 2.24) is 25.4 Å². The molecule has 1 aliphatic rings. The van der Waals surface area contributed by atoms with Crippen molar-refractivity contribution in [3.05, 3.63) is 70.9 Å². The Bertz CT molecular complexity index is 1090. The number of aromatic nitrogens is 3. The van der Waals surface area contributed by atoms with Crippen molar-refractivity contribution < 1.29 is 9.18 Å². The summed E-state index contributed by atoms with van der Waals surface area (Å²) in [5, 5.41) is 10.3. The first-order chi connectivity index (χ1) is 15.4. The Hall–Kier alpha value is -3.42. The number of amides is 2. The molecule has 1 saturated heterocycles. The number of nitrogens with zero attached hydrogens (tertiary/aromatic N) is 4. The van der Waals surface area contributed by atoms with E-state index in [1.165, 1.54) is 6.07 Å². The minimum absolute atomic E-state index is 0.0322. The summed E-state index contributed by atoms with van der Waals surface area (Å²) in [4.78, 5) is 18.9. The number of anilines is 1. The van der Waals surface area contributed by atoms with Crippen molar-refractivity contribution in [2.45, 2.75) is 46.2 Å². The zero-order valence-corrected chi connectivity index (χ0v) is 18.7. The van der Waals surface area contributed by atoms with Crippen LogP contribution in [0.25, 0.3) is 5.82 Å². The molecule has 7 nitrogen and oxygen atoms in total. The van der Waals surface area contributed by atoms with Gasteiger partial charge in [-0.1, -0.05) is 12.1 Å². The van der Waals surface area contributed by atoms with Gasteiger partial charge in [-0.25, -0.2) is 18.9 Å². The Morgan fingerprint density at radius 1 is 1.19 bits per heavy atom. The van der Waals surface area contributed by atoms with E-state index in [2.05, 4.69) is 20.7 Å². The van der Waals surface area contributed by atoms with Crippen LogP contribution in [-0.4, -0.2) is 39.9 Å². The van der Waals surface area contributed by atoms with E-state index in [1.807, 2.05) is 49.9 Å². The zero-order chi connectivity index (χ0) is 22.7. The fourth-order valence-electron chi connectivity index (χ4n) is 4.10. The molecule has 168 valence electrons. The summed E-state index contributed by atoms with van der Waals surface area (Å²) in [6.07, 6.45) is 3.52. The number of urea groups is 1. The first-order valence-corrected chi connectivity index (χ1v) is 10.9. The maximum Gasteiger partial charge on any atom is 0.315 e. The lowest BCUT2D eigenvalue weighted by molar-refractivity contribution is 0.234. The van der Waals surface area contributed by atoms with Crippen LogP contribution in [0.1, 0.15) is 35.4 Å². The van der Waals surface area contributed by atoms with E-state index in [9.17, 15) is 9.18 Å². The number of carbonyl (C=O) groups excluding carboxylic acids is 1. The highest BCUT2D eigenvalue weighted by atomic mass is 19.1. The second kappa shape index (κ2) is 9.38. The highest BCUT2D eigenvalue weighted by molar-refractivity contribution is 5.74. The fourth-order valence-corrected chi connectivity index (χ4v) is 4.10. The van der Waals surface area contributed by atoms with E-state index in [0.29, 0.717) is 18.8 Å². The molecular weight excluding hydrogens is 407 g/mol. The number of carbonyl (C=O) groups is 1. The minimum Gasteiger partial charge on any atom is -0.367 e. The van der Waals surface area contributed by atoms with E-state index < -0.39 is 0 Å². The largest absolute Gasteiger partial charge is 0.367 e. The van der Waals surface area contributed by atoms with Crippen LogP contribution in [0.15, 0.2) is 42.6 Å². The Kier molecular flexibility index (Phi) is 6.39. The minimum atomic E-state index is -0.232. The molecule has 0 saturated carbocycles. The smallest absolute Gasteiger partial charge is 0.315 e. The maximum absolute atomic E-state index is 14.3. The highest BCUT2D eigenvalue weighted by Crippen LogP contribution is 2.24. The molecule has 1 atom stereocenters. The summed E-state index contributed by atoms with van der Waals surface area (Å²) in [7, 11) is 0. The van der Waals surface area contributed by atoms with Gasteiger partial charge in [0.25, 0.3) is 0 Å². The monoisotopic (exact) mass is 436 g/mol. The molecule has 1 unspecified atom stereocenters. The predicted molar refractivity (Wildman–Crippen MR) is 123 cm³/mol. The standard InChI is InChI=1S/C24H29FN6O/c1-16-6-8-21(25)22(11-16)30-10-4-5-20(15-30)28-24(32)27-14-19-7-9-23(26-13-19)31-18(3)12-17(2)29-31/h6-9,11-13,20H,4-5,10,14-15H2,1-3H3,(H2,27,28,32). The van der Waals surface area contributed by atoms with Crippen LogP contribution < -0.4 is 15.5 Å². The van der Waals surface area contributed by atoms with Crippen LogP contribution in [0, 0.1) is 26.6 Å². The van der Waals surface area contributed by atoms with Crippen LogP contribution in [0.4, 0.5) is 14.9 Å². The van der Waals surface area contributed by atoms with Crippen molar-refractivity contribution in [2.75, 3.05) is 18.0 Å². The van der Waals surface area contributed by atoms with E-state index in [-0.39, 0.29) is 17.9 Å². The van der Waals surface area contributed by atoms with Crippen LogP contribution in [0.5, 0.6) is 0 Å². The zero-order valence-electron chi connectivity index (χ0n) is 18.7. The summed E-state index contributed by atoms with van der Waals surface area (Å²) in [6, 6.07) is 10.7. The SMILES string of the molecule is Cc1ccc(F)c(N2CCCC(NC(=O)NCc3ccc(-n4nc(C)cc4C)nc3)C2)c1. The average Bonchev–Trinajstić information content (AvgIpc) is 3.12. The molecule has 1 fully saturated rings. The number of aryl methyl sites for hydroxylation is 3. The van der Waals surface area contributed by atoms with E-state index in [1.54, 1.807) is 16.9 Å². The molecule has 2 N–H and O–H groups in total. The summed E-state index contributed by atoms with van der Waals surface area (Å²) in [6.45, 7) is 7.64. The van der Waals surface area contributed by atoms with E-state index >= 15 is 0 Å². The van der Waals surface area contributed by atoms with Gasteiger partial charge in [0.1, 0.15) is 5.82 Å². The topological polar surface area (TPSA) is 75.1 Å². The number of hydrogen-bond acceptors (Lipinski definition) is 4. The first-order valence-electron chi connectivity index (χ1n) is 10.9. The van der Waals surface area contributed by atoms with Gasteiger partial charge < -0.3 is 15.5 Å². The highest BCUT2D eigenvalue weighted by Gasteiger charge is 2.23. The third-order valence-corrected chi connectivity index (χ3v) is 5.69. The summed E-state index contributed by atoms with van der Waals surface area (Å²) in [5.41, 5.74) is 4.49. The first kappa shape index (κ1) is 21.8. The van der Waals surface area contributed by atoms with Crippen LogP contribution >= 0.6 is 0 Å². The molecular formula is C24H29FN6O. The van der Waals surface area contributed by atoms with Crippen molar-refractivity contribution >= 4 is 11.7 Å². The number of halogens is 1. The molecule has 1 aromatic carbocycles. The van der Waals surface area contributed by atoms with Crippen molar-refractivity contribution in [1.29, 1.82) is 0 Å². The molecule has 3 aromatic rings. The summed E-state index contributed by atoms with van der Waals surface area (Å²) >= 11 is 0. The maximum atomic E-state index is 14.3. The second-order valence-electron chi connectivity index (χ2n) is 8.43. The fraction of sp³-hybridized carbons (Fsp3) is 0.375. The van der Waals surface area contributed by atoms with Crippen molar-refractivity contribution in [3.63, 3.8) is 0 Å². The molecule has 32 heavy (non-hydrogen) atoms. The van der Waals surface area contributed by atoms with Crippen LogP contribution in [0.2, 0.25) is 0 Å². The average molecular weight is 437 g/mol. The van der Waals surface area contributed by atoms with Gasteiger partial charge in [0.05, 0.1) is 11.4 Å². The second-order valence-corrected chi connectivity index (χ2v) is 8.43. The molecule has 0 radical (unpaired) electrons. The van der Waals surface area contributed by atoms with Gasteiger partial charge in [-0.05, 0) is 69.0 Å². The number of piperidine rings is 1. The molecule has 2 amide bonds. The lowest BCUT2D eigenvalue weighted by Crippen LogP contribution is -2.50. The lowest BCUT2D eigenvalue weighted by Gasteiger charge is -2.35. The molecule has 0 aliphatic carbocycles. The Balaban J connectivity index is 1.30. The summed E-state index contributed by atoms with van der Waals surface area (Å²) < 4.78 is 16.1. The third-order valence-electron chi connectivity index (χ3n) is 5.69. The van der Waals surface area contributed by atoms with Gasteiger partial charge in [-0.15, -0.1) is 0 Å². The molecule has 1 aliphatic heterocycles. The van der Waals surface area contributed by atoms with E-state index in [4.69, 9.17) is 0 Å². The number of rotatable bonds is 5. The van der Waals surface area contributed by atoms with E-state index in [0.717, 1.165) is 47.7 Å². The Labute approximate surface area is 187 Å². The Morgan fingerprint density at radius 3 is 2.75 bits per heavy atom. The van der Waals surface area contributed by atoms with Gasteiger partial charge in [-0.3, -0.25) is 0 Å². The summed E-state index contributed by atoms with van der Waals surface area (Å²) in [5.74, 6) is 0.520. The molecule has 0 bridgehead atoms. The normalized spacial score (nSPS) is 16.1. The third kappa shape index (κ3) is 5.07. The van der Waals surface area contributed by atoms with Crippen molar-refractivity contribution in [3.8, 4) is 5.82 Å².